The van der Waals surface area contributed by atoms with E-state index in [1.54, 1.807) is 0 Å². The Balaban J connectivity index is 1.66. The molecule has 0 aromatic carbocycles. The standard InChI is InChI=1S/C10H16O2/c11-7-5-10(6-7)3-1-8-9(12-8)2-4-10/h7-9,11H,1-6H2. The van der Waals surface area contributed by atoms with E-state index < -0.39 is 0 Å². The van der Waals surface area contributed by atoms with Gasteiger partial charge in [-0.05, 0) is 43.9 Å². The molecule has 1 spiro atoms. The van der Waals surface area contributed by atoms with Gasteiger partial charge in [-0.15, -0.1) is 0 Å². The van der Waals surface area contributed by atoms with Gasteiger partial charge in [0.1, 0.15) is 0 Å². The molecular formula is C10H16O2. The van der Waals surface area contributed by atoms with Crippen LogP contribution in [0.2, 0.25) is 0 Å². The Hall–Kier alpha value is -0.0800. The zero-order chi connectivity index (χ0) is 8.18. The lowest BCUT2D eigenvalue weighted by molar-refractivity contribution is -0.0459. The lowest BCUT2D eigenvalue weighted by atomic mass is 9.62. The third-order valence-corrected chi connectivity index (χ3v) is 3.94. The van der Waals surface area contributed by atoms with Crippen LogP contribution in [0.3, 0.4) is 0 Å². The molecule has 2 unspecified atom stereocenters. The fourth-order valence-electron chi connectivity index (χ4n) is 3.06. The van der Waals surface area contributed by atoms with Crippen LogP contribution in [0.1, 0.15) is 38.5 Å². The summed E-state index contributed by atoms with van der Waals surface area (Å²) < 4.78 is 5.48. The van der Waals surface area contributed by atoms with Gasteiger partial charge in [-0.1, -0.05) is 0 Å². The molecular weight excluding hydrogens is 152 g/mol. The quantitative estimate of drug-likeness (QED) is 0.555. The second-order valence-corrected chi connectivity index (χ2v) is 4.85. The van der Waals surface area contributed by atoms with Crippen LogP contribution in [0.15, 0.2) is 0 Å². The van der Waals surface area contributed by atoms with E-state index in [1.807, 2.05) is 0 Å². The molecule has 1 aliphatic heterocycles. The maximum Gasteiger partial charge on any atom is 0.0842 e. The predicted molar refractivity (Wildman–Crippen MR) is 44.8 cm³/mol. The van der Waals surface area contributed by atoms with Gasteiger partial charge >= 0.3 is 0 Å². The predicted octanol–water partition coefficient (Wildman–Crippen LogP) is 1.47. The van der Waals surface area contributed by atoms with Crippen molar-refractivity contribution >= 4 is 0 Å². The van der Waals surface area contributed by atoms with Crippen molar-refractivity contribution < 1.29 is 9.84 Å². The molecule has 68 valence electrons. The Morgan fingerprint density at radius 1 is 1.08 bits per heavy atom. The fourth-order valence-corrected chi connectivity index (χ4v) is 3.06. The van der Waals surface area contributed by atoms with Gasteiger partial charge < -0.3 is 9.84 Å². The first-order valence-electron chi connectivity index (χ1n) is 5.11. The molecule has 2 nitrogen and oxygen atoms in total. The zero-order valence-electron chi connectivity index (χ0n) is 7.33. The summed E-state index contributed by atoms with van der Waals surface area (Å²) in [5.41, 5.74) is 0.538. The highest BCUT2D eigenvalue weighted by atomic mass is 16.6. The number of rotatable bonds is 0. The molecule has 1 heterocycles. The van der Waals surface area contributed by atoms with Crippen LogP contribution < -0.4 is 0 Å². The van der Waals surface area contributed by atoms with Crippen molar-refractivity contribution in [3.63, 3.8) is 0 Å². The topological polar surface area (TPSA) is 32.8 Å². The average molecular weight is 168 g/mol. The molecule has 1 N–H and O–H groups in total. The minimum atomic E-state index is 0.0142. The maximum atomic E-state index is 9.30. The van der Waals surface area contributed by atoms with Gasteiger partial charge in [0.2, 0.25) is 0 Å². The van der Waals surface area contributed by atoms with Crippen molar-refractivity contribution in [1.82, 2.24) is 0 Å². The molecule has 2 heteroatoms. The van der Waals surface area contributed by atoms with Crippen molar-refractivity contribution in [3.05, 3.63) is 0 Å². The van der Waals surface area contributed by atoms with Crippen LogP contribution in [0.25, 0.3) is 0 Å². The van der Waals surface area contributed by atoms with Gasteiger partial charge in [0.05, 0.1) is 18.3 Å². The van der Waals surface area contributed by atoms with Crippen LogP contribution in [0.5, 0.6) is 0 Å². The van der Waals surface area contributed by atoms with E-state index in [4.69, 9.17) is 4.74 Å². The van der Waals surface area contributed by atoms with E-state index >= 15 is 0 Å². The lowest BCUT2D eigenvalue weighted by Gasteiger charge is -2.45. The second-order valence-electron chi connectivity index (χ2n) is 4.85. The van der Waals surface area contributed by atoms with Gasteiger partial charge in [0, 0.05) is 0 Å². The van der Waals surface area contributed by atoms with Crippen LogP contribution >= 0.6 is 0 Å². The van der Waals surface area contributed by atoms with E-state index in [2.05, 4.69) is 0 Å². The van der Waals surface area contributed by atoms with Crippen molar-refractivity contribution in [2.75, 3.05) is 0 Å². The van der Waals surface area contributed by atoms with Crippen molar-refractivity contribution in [1.29, 1.82) is 0 Å². The highest BCUT2D eigenvalue weighted by molar-refractivity contribution is 5.00. The molecule has 1 saturated heterocycles. The van der Waals surface area contributed by atoms with Crippen LogP contribution in [0, 0.1) is 5.41 Å². The number of epoxide rings is 1. The third-order valence-electron chi connectivity index (χ3n) is 3.94. The van der Waals surface area contributed by atoms with Gasteiger partial charge in [-0.2, -0.15) is 0 Å². The molecule has 0 aromatic rings. The van der Waals surface area contributed by atoms with Gasteiger partial charge in [-0.25, -0.2) is 0 Å². The second kappa shape index (κ2) is 2.24. The van der Waals surface area contributed by atoms with E-state index in [0.29, 0.717) is 17.6 Å². The molecule has 0 bridgehead atoms. The minimum Gasteiger partial charge on any atom is -0.393 e. The first-order chi connectivity index (χ1) is 5.77. The molecule has 2 atom stereocenters. The van der Waals surface area contributed by atoms with Crippen LogP contribution in [-0.4, -0.2) is 23.4 Å². The average Bonchev–Trinajstić information content (AvgIpc) is 2.69. The lowest BCUT2D eigenvalue weighted by Crippen LogP contribution is -2.40. The molecule has 0 radical (unpaired) electrons. The summed E-state index contributed by atoms with van der Waals surface area (Å²) in [7, 11) is 0. The summed E-state index contributed by atoms with van der Waals surface area (Å²) in [5.74, 6) is 0. The Bertz CT molecular complexity index is 182. The zero-order valence-corrected chi connectivity index (χ0v) is 7.33. The van der Waals surface area contributed by atoms with E-state index in [9.17, 15) is 5.11 Å². The van der Waals surface area contributed by atoms with E-state index in [0.717, 1.165) is 12.8 Å². The summed E-state index contributed by atoms with van der Waals surface area (Å²) in [6.45, 7) is 0. The highest BCUT2D eigenvalue weighted by Gasteiger charge is 2.50. The molecule has 3 fully saturated rings. The highest BCUT2D eigenvalue weighted by Crippen LogP contribution is 2.53. The summed E-state index contributed by atoms with van der Waals surface area (Å²) >= 11 is 0. The number of ether oxygens (including phenoxy) is 1. The van der Waals surface area contributed by atoms with Crippen molar-refractivity contribution in [2.24, 2.45) is 5.41 Å². The van der Waals surface area contributed by atoms with E-state index in [-0.39, 0.29) is 6.10 Å². The molecule has 3 aliphatic rings. The smallest absolute Gasteiger partial charge is 0.0842 e. The van der Waals surface area contributed by atoms with E-state index in [1.165, 1.54) is 25.7 Å². The first-order valence-corrected chi connectivity index (χ1v) is 5.11. The van der Waals surface area contributed by atoms with Crippen molar-refractivity contribution in [2.45, 2.75) is 56.8 Å². The number of aliphatic hydroxyl groups excluding tert-OH is 1. The fraction of sp³-hybridized carbons (Fsp3) is 1.00. The monoisotopic (exact) mass is 168 g/mol. The van der Waals surface area contributed by atoms with Crippen LogP contribution in [0.4, 0.5) is 0 Å². The number of aliphatic hydroxyl groups is 1. The van der Waals surface area contributed by atoms with Crippen LogP contribution in [-0.2, 0) is 4.74 Å². The molecule has 12 heavy (non-hydrogen) atoms. The SMILES string of the molecule is OC1CC2(CCC3OC3CC2)C1. The summed E-state index contributed by atoms with van der Waals surface area (Å²) in [5, 5.41) is 9.30. The molecule has 2 aliphatic carbocycles. The molecule has 0 aromatic heterocycles. The number of hydrogen-bond donors (Lipinski definition) is 1. The maximum absolute atomic E-state index is 9.30. The minimum absolute atomic E-state index is 0.0142. The molecule has 0 amide bonds. The third kappa shape index (κ3) is 1.01. The van der Waals surface area contributed by atoms with Crippen molar-refractivity contribution in [3.8, 4) is 0 Å². The normalized spacial score (nSPS) is 57.2. The Morgan fingerprint density at radius 3 is 2.17 bits per heavy atom. The Labute approximate surface area is 72.9 Å². The summed E-state index contributed by atoms with van der Waals surface area (Å²) in [6, 6.07) is 0. The molecule has 2 saturated carbocycles. The Kier molecular flexibility index (Phi) is 1.37. The molecule has 3 rings (SSSR count). The van der Waals surface area contributed by atoms with Gasteiger partial charge in [0.15, 0.2) is 0 Å². The first kappa shape index (κ1) is 7.34. The summed E-state index contributed by atoms with van der Waals surface area (Å²) in [4.78, 5) is 0. The number of fused-ring (bicyclic) bond motifs is 1. The van der Waals surface area contributed by atoms with Gasteiger partial charge in [0.25, 0.3) is 0 Å². The largest absolute Gasteiger partial charge is 0.393 e. The van der Waals surface area contributed by atoms with Gasteiger partial charge in [-0.3, -0.25) is 0 Å². The number of hydrogen-bond acceptors (Lipinski definition) is 2. The Morgan fingerprint density at radius 2 is 1.67 bits per heavy atom. The summed E-state index contributed by atoms with van der Waals surface area (Å²) in [6.07, 6.45) is 8.42.